The number of nitrogens with two attached hydrogens (primary N) is 1. The predicted molar refractivity (Wildman–Crippen MR) is 60.2 cm³/mol. The van der Waals surface area contributed by atoms with E-state index in [9.17, 15) is 0 Å². The molecule has 0 unspecified atom stereocenters. The topological polar surface area (TPSA) is 38.9 Å². The number of hydrogen-bond donors (Lipinski definition) is 1. The van der Waals surface area contributed by atoms with Crippen LogP contribution in [0, 0.1) is 0 Å². The van der Waals surface area contributed by atoms with Crippen molar-refractivity contribution in [1.82, 2.24) is 4.98 Å². The maximum absolute atomic E-state index is 5.98. The molecular weight excluding hydrogens is 172 g/mol. The van der Waals surface area contributed by atoms with Crippen molar-refractivity contribution in [2.75, 3.05) is 0 Å². The Morgan fingerprint density at radius 2 is 1.64 bits per heavy atom. The van der Waals surface area contributed by atoms with E-state index >= 15 is 0 Å². The van der Waals surface area contributed by atoms with Crippen LogP contribution in [0.25, 0.3) is 0 Å². The summed E-state index contributed by atoms with van der Waals surface area (Å²) in [5.41, 5.74) is 7.96. The number of nitrogens with zero attached hydrogens (tertiary/aromatic N) is 1. The molecule has 0 atom stereocenters. The van der Waals surface area contributed by atoms with Crippen molar-refractivity contribution in [2.45, 2.75) is 45.6 Å². The van der Waals surface area contributed by atoms with Crippen molar-refractivity contribution in [3.8, 4) is 0 Å². The van der Waals surface area contributed by atoms with Crippen LogP contribution in [0.15, 0.2) is 18.3 Å². The van der Waals surface area contributed by atoms with Gasteiger partial charge < -0.3 is 5.73 Å². The summed E-state index contributed by atoms with van der Waals surface area (Å²) in [6.45, 7) is 10.4. The van der Waals surface area contributed by atoms with Crippen LogP contribution in [0.4, 0.5) is 0 Å². The third-order valence-electron chi connectivity index (χ3n) is 2.28. The second-order valence-corrected chi connectivity index (χ2v) is 5.40. The molecule has 1 aromatic rings. The molecule has 0 bridgehead atoms. The summed E-state index contributed by atoms with van der Waals surface area (Å²) in [4.78, 5) is 4.44. The lowest BCUT2D eigenvalue weighted by Crippen LogP contribution is -2.29. The van der Waals surface area contributed by atoms with E-state index in [0.29, 0.717) is 0 Å². The maximum Gasteiger partial charge on any atom is 0.0457 e. The molecule has 2 N–H and O–H groups in total. The normalized spacial score (nSPS) is 13.0. The van der Waals surface area contributed by atoms with Gasteiger partial charge in [0.25, 0.3) is 0 Å². The monoisotopic (exact) mass is 192 g/mol. The molecule has 0 radical (unpaired) electrons. The summed E-state index contributed by atoms with van der Waals surface area (Å²) in [7, 11) is 0. The van der Waals surface area contributed by atoms with E-state index in [1.165, 1.54) is 0 Å². The van der Waals surface area contributed by atoms with Crippen molar-refractivity contribution < 1.29 is 0 Å². The van der Waals surface area contributed by atoms with Gasteiger partial charge in [-0.05, 0) is 25.5 Å². The molecule has 0 aliphatic carbocycles. The Kier molecular flexibility index (Phi) is 2.68. The van der Waals surface area contributed by atoms with Crippen LogP contribution in [-0.4, -0.2) is 4.98 Å². The van der Waals surface area contributed by atoms with Crippen molar-refractivity contribution in [3.63, 3.8) is 0 Å². The number of rotatable bonds is 1. The lowest BCUT2D eigenvalue weighted by atomic mass is 9.90. The highest BCUT2D eigenvalue weighted by molar-refractivity contribution is 5.23. The molecule has 2 heteroatoms. The molecule has 0 amide bonds. The average Bonchev–Trinajstić information content (AvgIpc) is 2.01. The van der Waals surface area contributed by atoms with E-state index in [1.807, 2.05) is 20.0 Å². The quantitative estimate of drug-likeness (QED) is 0.742. The molecule has 0 aromatic carbocycles. The fraction of sp³-hybridized carbons (Fsp3) is 0.583. The van der Waals surface area contributed by atoms with Gasteiger partial charge in [-0.3, -0.25) is 4.98 Å². The van der Waals surface area contributed by atoms with Gasteiger partial charge in [0.2, 0.25) is 0 Å². The smallest absolute Gasteiger partial charge is 0.0457 e. The Morgan fingerprint density at radius 1 is 1.07 bits per heavy atom. The van der Waals surface area contributed by atoms with Gasteiger partial charge in [0, 0.05) is 22.8 Å². The Morgan fingerprint density at radius 3 is 1.93 bits per heavy atom. The summed E-state index contributed by atoms with van der Waals surface area (Å²) < 4.78 is 0. The maximum atomic E-state index is 5.98. The summed E-state index contributed by atoms with van der Waals surface area (Å²) in [6, 6.07) is 4.12. The molecule has 2 nitrogen and oxygen atoms in total. The third-order valence-corrected chi connectivity index (χ3v) is 2.28. The first-order valence-corrected chi connectivity index (χ1v) is 4.97. The Bertz CT molecular complexity index is 266. The van der Waals surface area contributed by atoms with Crippen molar-refractivity contribution in [1.29, 1.82) is 0 Å². The summed E-state index contributed by atoms with van der Waals surface area (Å²) >= 11 is 0. The molecule has 1 rings (SSSR count). The van der Waals surface area contributed by atoms with Crippen LogP contribution >= 0.6 is 0 Å². The molecule has 0 spiro atoms. The van der Waals surface area contributed by atoms with Crippen LogP contribution in [-0.2, 0) is 11.0 Å². The fourth-order valence-corrected chi connectivity index (χ4v) is 1.22. The van der Waals surface area contributed by atoms with Gasteiger partial charge in [-0.2, -0.15) is 0 Å². The summed E-state index contributed by atoms with van der Waals surface area (Å²) in [5, 5.41) is 0. The summed E-state index contributed by atoms with van der Waals surface area (Å²) in [5.74, 6) is 0. The molecule has 0 saturated heterocycles. The van der Waals surface area contributed by atoms with E-state index in [1.54, 1.807) is 0 Å². The Balaban J connectivity index is 3.02. The lowest BCUT2D eigenvalue weighted by molar-refractivity contribution is 0.540. The molecule has 0 fully saturated rings. The van der Waals surface area contributed by atoms with Gasteiger partial charge in [-0.15, -0.1) is 0 Å². The van der Waals surface area contributed by atoms with E-state index in [-0.39, 0.29) is 11.0 Å². The molecule has 1 heterocycles. The average molecular weight is 192 g/mol. The molecular formula is C12H20N2. The molecule has 1 aromatic heterocycles. The lowest BCUT2D eigenvalue weighted by Gasteiger charge is -2.22. The zero-order valence-corrected chi connectivity index (χ0v) is 9.76. The van der Waals surface area contributed by atoms with E-state index in [2.05, 4.69) is 37.9 Å². The van der Waals surface area contributed by atoms with Crippen molar-refractivity contribution in [2.24, 2.45) is 5.73 Å². The molecule has 14 heavy (non-hydrogen) atoms. The standard InChI is InChI=1S/C12H20N2/c1-11(2,3)10-7-6-9(8-14-10)12(4,5)13/h6-8H,13H2,1-5H3. The first kappa shape index (κ1) is 11.2. The van der Waals surface area contributed by atoms with Crippen LogP contribution in [0.2, 0.25) is 0 Å². The van der Waals surface area contributed by atoms with Crippen molar-refractivity contribution >= 4 is 0 Å². The second-order valence-electron chi connectivity index (χ2n) is 5.40. The molecule has 0 saturated carbocycles. The van der Waals surface area contributed by atoms with Gasteiger partial charge in [-0.25, -0.2) is 0 Å². The van der Waals surface area contributed by atoms with Crippen LogP contribution in [0.3, 0.4) is 0 Å². The summed E-state index contributed by atoms with van der Waals surface area (Å²) in [6.07, 6.45) is 1.88. The predicted octanol–water partition coefficient (Wildman–Crippen LogP) is 2.57. The third kappa shape index (κ3) is 2.55. The van der Waals surface area contributed by atoms with E-state index in [0.717, 1.165) is 11.3 Å². The minimum atomic E-state index is -0.302. The van der Waals surface area contributed by atoms with Gasteiger partial charge in [0.1, 0.15) is 0 Å². The van der Waals surface area contributed by atoms with Crippen LogP contribution < -0.4 is 5.73 Å². The first-order chi connectivity index (χ1) is 6.21. The fourth-order valence-electron chi connectivity index (χ4n) is 1.22. The van der Waals surface area contributed by atoms with Gasteiger partial charge in [0.05, 0.1) is 0 Å². The zero-order chi connectivity index (χ0) is 11.0. The highest BCUT2D eigenvalue weighted by Gasteiger charge is 2.18. The largest absolute Gasteiger partial charge is 0.322 e. The number of aromatic nitrogens is 1. The Hall–Kier alpha value is -0.890. The number of pyridine rings is 1. The van der Waals surface area contributed by atoms with E-state index in [4.69, 9.17) is 5.73 Å². The van der Waals surface area contributed by atoms with Gasteiger partial charge in [-0.1, -0.05) is 26.8 Å². The molecule has 0 aliphatic rings. The minimum absolute atomic E-state index is 0.108. The van der Waals surface area contributed by atoms with E-state index < -0.39 is 0 Å². The molecule has 78 valence electrons. The highest BCUT2D eigenvalue weighted by atomic mass is 14.7. The zero-order valence-electron chi connectivity index (χ0n) is 9.76. The first-order valence-electron chi connectivity index (χ1n) is 4.97. The Labute approximate surface area is 86.5 Å². The highest BCUT2D eigenvalue weighted by Crippen LogP contribution is 2.22. The van der Waals surface area contributed by atoms with Crippen LogP contribution in [0.1, 0.15) is 45.9 Å². The second kappa shape index (κ2) is 3.35. The number of hydrogen-bond acceptors (Lipinski definition) is 2. The minimum Gasteiger partial charge on any atom is -0.322 e. The van der Waals surface area contributed by atoms with Crippen molar-refractivity contribution in [3.05, 3.63) is 29.6 Å². The SMILES string of the molecule is CC(C)(C)c1ccc(C(C)(C)N)cn1. The van der Waals surface area contributed by atoms with Gasteiger partial charge in [0.15, 0.2) is 0 Å². The molecule has 0 aliphatic heterocycles. The van der Waals surface area contributed by atoms with Gasteiger partial charge >= 0.3 is 0 Å². The van der Waals surface area contributed by atoms with Crippen LogP contribution in [0.5, 0.6) is 0 Å².